The highest BCUT2D eigenvalue weighted by atomic mass is 79.9. The lowest BCUT2D eigenvalue weighted by Crippen LogP contribution is -2.45. The maximum absolute atomic E-state index is 12.1. The lowest BCUT2D eigenvalue weighted by atomic mass is 10.0. The van der Waals surface area contributed by atoms with Gasteiger partial charge in [0.15, 0.2) is 0 Å². The van der Waals surface area contributed by atoms with Crippen molar-refractivity contribution in [1.82, 2.24) is 5.32 Å². The number of rotatable bonds is 4. The van der Waals surface area contributed by atoms with Gasteiger partial charge in [0.1, 0.15) is 6.04 Å². The van der Waals surface area contributed by atoms with Gasteiger partial charge in [-0.3, -0.25) is 4.79 Å². The number of carbonyl (C=O) groups excluding carboxylic acids is 2. The molecular weight excluding hydrogens is 378 g/mol. The Morgan fingerprint density at radius 3 is 2.11 bits per heavy atom. The van der Waals surface area contributed by atoms with E-state index in [1.54, 1.807) is 12.1 Å². The van der Waals surface area contributed by atoms with E-state index in [-0.39, 0.29) is 11.8 Å². The molecule has 1 aromatic carbocycles. The third-order valence-electron chi connectivity index (χ3n) is 2.53. The topological polar surface area (TPSA) is 55.4 Å². The highest BCUT2D eigenvalue weighted by molar-refractivity contribution is 9.11. The highest BCUT2D eigenvalue weighted by Crippen LogP contribution is 2.20. The number of benzene rings is 1. The van der Waals surface area contributed by atoms with Crippen LogP contribution in [-0.4, -0.2) is 25.0 Å². The Bertz CT molecular complexity index is 469. The zero-order valence-corrected chi connectivity index (χ0v) is 14.0. The number of methoxy groups -OCH3 is 1. The number of hydrogen-bond donors (Lipinski definition) is 1. The zero-order chi connectivity index (χ0) is 14.6. The van der Waals surface area contributed by atoms with Crippen LogP contribution >= 0.6 is 31.9 Å². The van der Waals surface area contributed by atoms with Gasteiger partial charge in [-0.2, -0.15) is 0 Å². The Morgan fingerprint density at radius 1 is 1.16 bits per heavy atom. The fourth-order valence-corrected chi connectivity index (χ4v) is 2.83. The van der Waals surface area contributed by atoms with Crippen molar-refractivity contribution < 1.29 is 14.3 Å². The molecule has 1 rings (SSSR count). The molecule has 0 spiro atoms. The number of carbonyl (C=O) groups is 2. The molecule has 104 valence electrons. The molecular formula is C13H15Br2NO3. The summed E-state index contributed by atoms with van der Waals surface area (Å²) in [6, 6.07) is 4.55. The van der Waals surface area contributed by atoms with E-state index < -0.39 is 12.0 Å². The van der Waals surface area contributed by atoms with Crippen LogP contribution in [0.1, 0.15) is 24.2 Å². The van der Waals surface area contributed by atoms with Gasteiger partial charge >= 0.3 is 5.97 Å². The van der Waals surface area contributed by atoms with E-state index in [4.69, 9.17) is 0 Å². The fraction of sp³-hybridized carbons (Fsp3) is 0.385. The summed E-state index contributed by atoms with van der Waals surface area (Å²) in [6.45, 7) is 3.69. The minimum atomic E-state index is -0.657. The van der Waals surface area contributed by atoms with Crippen molar-refractivity contribution in [2.24, 2.45) is 5.92 Å². The number of ether oxygens (including phenoxy) is 1. The van der Waals surface area contributed by atoms with Gasteiger partial charge in [0.25, 0.3) is 5.91 Å². The summed E-state index contributed by atoms with van der Waals surface area (Å²) in [6.07, 6.45) is 0. The van der Waals surface area contributed by atoms with Gasteiger partial charge in [-0.05, 0) is 24.1 Å². The lowest BCUT2D eigenvalue weighted by molar-refractivity contribution is -0.144. The molecule has 6 heteroatoms. The van der Waals surface area contributed by atoms with Crippen LogP contribution in [0.3, 0.4) is 0 Å². The number of nitrogens with one attached hydrogen (secondary N) is 1. The molecule has 1 aromatic rings. The van der Waals surface area contributed by atoms with E-state index >= 15 is 0 Å². The molecule has 0 aromatic heterocycles. The molecule has 1 unspecified atom stereocenters. The summed E-state index contributed by atoms with van der Waals surface area (Å²) in [7, 11) is 1.31. The Kier molecular flexibility index (Phi) is 6.00. The van der Waals surface area contributed by atoms with Gasteiger partial charge in [-0.1, -0.05) is 45.7 Å². The van der Waals surface area contributed by atoms with Crippen LogP contribution in [0.5, 0.6) is 0 Å². The van der Waals surface area contributed by atoms with Crippen molar-refractivity contribution >= 4 is 43.7 Å². The van der Waals surface area contributed by atoms with Crippen LogP contribution < -0.4 is 5.32 Å². The third kappa shape index (κ3) is 4.62. The Morgan fingerprint density at radius 2 is 1.68 bits per heavy atom. The fourth-order valence-electron chi connectivity index (χ4n) is 1.53. The molecule has 0 aliphatic rings. The van der Waals surface area contributed by atoms with Gasteiger partial charge in [-0.15, -0.1) is 0 Å². The first kappa shape index (κ1) is 16.2. The van der Waals surface area contributed by atoms with Crippen LogP contribution in [0.4, 0.5) is 0 Å². The minimum Gasteiger partial charge on any atom is -0.467 e. The average Bonchev–Trinajstić information content (AvgIpc) is 2.33. The second kappa shape index (κ2) is 7.05. The molecule has 0 radical (unpaired) electrons. The summed E-state index contributed by atoms with van der Waals surface area (Å²) < 4.78 is 6.25. The first-order valence-electron chi connectivity index (χ1n) is 5.70. The van der Waals surface area contributed by atoms with Gasteiger partial charge in [-0.25, -0.2) is 4.79 Å². The number of esters is 1. The van der Waals surface area contributed by atoms with Crippen molar-refractivity contribution in [1.29, 1.82) is 0 Å². The van der Waals surface area contributed by atoms with Crippen molar-refractivity contribution in [3.8, 4) is 0 Å². The maximum atomic E-state index is 12.1. The van der Waals surface area contributed by atoms with Crippen molar-refractivity contribution in [2.45, 2.75) is 19.9 Å². The minimum absolute atomic E-state index is 0.0491. The van der Waals surface area contributed by atoms with E-state index in [0.29, 0.717) is 5.56 Å². The molecule has 1 amide bonds. The van der Waals surface area contributed by atoms with Crippen molar-refractivity contribution in [3.05, 3.63) is 32.7 Å². The summed E-state index contributed by atoms with van der Waals surface area (Å²) in [5, 5.41) is 2.68. The molecule has 0 aliphatic heterocycles. The molecule has 19 heavy (non-hydrogen) atoms. The third-order valence-corrected chi connectivity index (χ3v) is 3.45. The predicted molar refractivity (Wildman–Crippen MR) is 80.0 cm³/mol. The molecule has 4 nitrogen and oxygen atoms in total. The molecule has 0 saturated carbocycles. The van der Waals surface area contributed by atoms with Crippen LogP contribution in [-0.2, 0) is 9.53 Å². The predicted octanol–water partition coefficient (Wildman–Crippen LogP) is 3.14. The van der Waals surface area contributed by atoms with Gasteiger partial charge < -0.3 is 10.1 Å². The molecule has 0 bridgehead atoms. The van der Waals surface area contributed by atoms with Crippen LogP contribution in [0.25, 0.3) is 0 Å². The van der Waals surface area contributed by atoms with E-state index in [2.05, 4.69) is 41.9 Å². The Labute approximate surface area is 129 Å². The van der Waals surface area contributed by atoms with Crippen molar-refractivity contribution in [3.63, 3.8) is 0 Å². The van der Waals surface area contributed by atoms with Gasteiger partial charge in [0.05, 0.1) is 7.11 Å². The number of hydrogen-bond acceptors (Lipinski definition) is 3. The standard InChI is InChI=1S/C13H15Br2NO3/c1-7(2)11(13(18)19-3)16-12(17)8-4-9(14)6-10(15)5-8/h4-7,11H,1-3H3,(H,16,17). The van der Waals surface area contributed by atoms with E-state index in [9.17, 15) is 9.59 Å². The first-order valence-corrected chi connectivity index (χ1v) is 7.28. The second-order valence-electron chi connectivity index (χ2n) is 4.38. The zero-order valence-electron chi connectivity index (χ0n) is 10.9. The van der Waals surface area contributed by atoms with Gasteiger partial charge in [0.2, 0.25) is 0 Å². The van der Waals surface area contributed by atoms with E-state index in [1.807, 2.05) is 19.9 Å². The Balaban J connectivity index is 2.90. The monoisotopic (exact) mass is 391 g/mol. The van der Waals surface area contributed by atoms with Gasteiger partial charge in [0, 0.05) is 14.5 Å². The summed E-state index contributed by atoms with van der Waals surface area (Å²) in [4.78, 5) is 23.7. The van der Waals surface area contributed by atoms with Crippen LogP contribution in [0.2, 0.25) is 0 Å². The quantitative estimate of drug-likeness (QED) is 0.800. The van der Waals surface area contributed by atoms with Crippen LogP contribution in [0.15, 0.2) is 27.1 Å². The van der Waals surface area contributed by atoms with E-state index in [1.165, 1.54) is 7.11 Å². The SMILES string of the molecule is COC(=O)C(NC(=O)c1cc(Br)cc(Br)c1)C(C)C. The molecule has 0 saturated heterocycles. The highest BCUT2D eigenvalue weighted by Gasteiger charge is 2.25. The van der Waals surface area contributed by atoms with Crippen molar-refractivity contribution in [2.75, 3.05) is 7.11 Å². The van der Waals surface area contributed by atoms with Crippen LogP contribution in [0, 0.1) is 5.92 Å². The number of halogens is 2. The molecule has 0 heterocycles. The number of amides is 1. The lowest BCUT2D eigenvalue weighted by Gasteiger charge is -2.19. The largest absolute Gasteiger partial charge is 0.467 e. The maximum Gasteiger partial charge on any atom is 0.328 e. The molecule has 0 aliphatic carbocycles. The summed E-state index contributed by atoms with van der Waals surface area (Å²) in [5.74, 6) is -0.810. The average molecular weight is 393 g/mol. The summed E-state index contributed by atoms with van der Waals surface area (Å²) in [5.41, 5.74) is 0.468. The van der Waals surface area contributed by atoms with E-state index in [0.717, 1.165) is 8.95 Å². The Hall–Kier alpha value is -0.880. The normalized spacial score (nSPS) is 12.1. The smallest absolute Gasteiger partial charge is 0.328 e. The molecule has 0 fully saturated rings. The summed E-state index contributed by atoms with van der Waals surface area (Å²) >= 11 is 6.63. The first-order chi connectivity index (χ1) is 8.85. The molecule has 1 N–H and O–H groups in total. The second-order valence-corrected chi connectivity index (χ2v) is 6.21. The molecule has 1 atom stereocenters.